The first-order valence-corrected chi connectivity index (χ1v) is 7.20. The number of nitrogens with one attached hydrogen (secondary N) is 1. The average Bonchev–Trinajstić information content (AvgIpc) is 2.45. The molecule has 3 nitrogen and oxygen atoms in total. The summed E-state index contributed by atoms with van der Waals surface area (Å²) in [7, 11) is 0. The maximum absolute atomic E-state index is 12.4. The van der Waals surface area contributed by atoms with Crippen molar-refractivity contribution < 1.29 is 4.79 Å². The van der Waals surface area contributed by atoms with Crippen LogP contribution in [0.25, 0.3) is 0 Å². The molecular formula is C16H24N2O. The van der Waals surface area contributed by atoms with Crippen LogP contribution in [0.5, 0.6) is 0 Å². The Kier molecular flexibility index (Phi) is 4.59. The zero-order valence-electron chi connectivity index (χ0n) is 11.7. The van der Waals surface area contributed by atoms with Crippen LogP contribution in [0.3, 0.4) is 0 Å². The molecule has 0 spiro atoms. The first-order valence-electron chi connectivity index (χ1n) is 7.20. The Morgan fingerprint density at radius 1 is 1.32 bits per heavy atom. The second-order valence-electron chi connectivity index (χ2n) is 5.72. The van der Waals surface area contributed by atoms with Gasteiger partial charge >= 0.3 is 0 Å². The summed E-state index contributed by atoms with van der Waals surface area (Å²) < 4.78 is 0. The number of benzene rings is 1. The monoisotopic (exact) mass is 260 g/mol. The molecule has 2 rings (SSSR count). The standard InChI is InChI=1S/C16H24N2O/c1-13-6-5-7-14(10-13)11-18-15(19)16(12-17)8-3-2-4-9-16/h5-7,10H,2-4,8-9,11-12,17H2,1H3,(H,18,19). The van der Waals surface area contributed by atoms with Gasteiger partial charge in [0.25, 0.3) is 0 Å². The van der Waals surface area contributed by atoms with Gasteiger partial charge in [0.05, 0.1) is 5.41 Å². The number of carbonyl (C=O) groups is 1. The lowest BCUT2D eigenvalue weighted by Gasteiger charge is -2.34. The number of nitrogens with two attached hydrogens (primary N) is 1. The van der Waals surface area contributed by atoms with Gasteiger partial charge in [-0.3, -0.25) is 4.79 Å². The van der Waals surface area contributed by atoms with Gasteiger partial charge in [-0.05, 0) is 25.3 Å². The molecule has 0 aromatic heterocycles. The fourth-order valence-corrected chi connectivity index (χ4v) is 2.94. The Labute approximate surface area is 115 Å². The molecule has 0 radical (unpaired) electrons. The molecule has 1 aromatic carbocycles. The Morgan fingerprint density at radius 2 is 2.05 bits per heavy atom. The van der Waals surface area contributed by atoms with Crippen molar-refractivity contribution >= 4 is 5.91 Å². The summed E-state index contributed by atoms with van der Waals surface area (Å²) in [6, 6.07) is 8.24. The molecule has 0 unspecified atom stereocenters. The largest absolute Gasteiger partial charge is 0.352 e. The van der Waals surface area contributed by atoms with Crippen LogP contribution in [0.15, 0.2) is 24.3 Å². The van der Waals surface area contributed by atoms with Gasteiger partial charge in [-0.15, -0.1) is 0 Å². The number of amides is 1. The summed E-state index contributed by atoms with van der Waals surface area (Å²) in [5.74, 6) is 0.135. The second-order valence-corrected chi connectivity index (χ2v) is 5.72. The van der Waals surface area contributed by atoms with Gasteiger partial charge in [-0.25, -0.2) is 0 Å². The van der Waals surface area contributed by atoms with Gasteiger partial charge in [-0.1, -0.05) is 49.1 Å². The lowest BCUT2D eigenvalue weighted by Crippen LogP contribution is -2.46. The normalized spacial score (nSPS) is 18.0. The van der Waals surface area contributed by atoms with Crippen molar-refractivity contribution in [1.29, 1.82) is 0 Å². The minimum Gasteiger partial charge on any atom is -0.352 e. The second kappa shape index (κ2) is 6.20. The van der Waals surface area contributed by atoms with E-state index in [1.165, 1.54) is 12.0 Å². The van der Waals surface area contributed by atoms with Crippen molar-refractivity contribution in [3.63, 3.8) is 0 Å². The Morgan fingerprint density at radius 3 is 2.68 bits per heavy atom. The van der Waals surface area contributed by atoms with E-state index < -0.39 is 0 Å². The van der Waals surface area contributed by atoms with E-state index >= 15 is 0 Å². The quantitative estimate of drug-likeness (QED) is 0.874. The van der Waals surface area contributed by atoms with Crippen molar-refractivity contribution in [1.82, 2.24) is 5.32 Å². The smallest absolute Gasteiger partial charge is 0.227 e. The fraction of sp³-hybridized carbons (Fsp3) is 0.562. The van der Waals surface area contributed by atoms with Crippen LogP contribution < -0.4 is 11.1 Å². The van der Waals surface area contributed by atoms with Crippen LogP contribution in [-0.2, 0) is 11.3 Å². The highest BCUT2D eigenvalue weighted by Crippen LogP contribution is 2.35. The lowest BCUT2D eigenvalue weighted by atomic mass is 9.73. The van der Waals surface area contributed by atoms with Crippen molar-refractivity contribution in [3.05, 3.63) is 35.4 Å². The Balaban J connectivity index is 1.96. The molecule has 1 aliphatic rings. The molecular weight excluding hydrogens is 236 g/mol. The fourth-order valence-electron chi connectivity index (χ4n) is 2.94. The average molecular weight is 260 g/mol. The highest BCUT2D eigenvalue weighted by molar-refractivity contribution is 5.83. The summed E-state index contributed by atoms with van der Waals surface area (Å²) in [6.45, 7) is 3.13. The minimum absolute atomic E-state index is 0.135. The van der Waals surface area contributed by atoms with E-state index in [2.05, 4.69) is 24.4 Å². The highest BCUT2D eigenvalue weighted by atomic mass is 16.2. The Hall–Kier alpha value is -1.35. The molecule has 3 heteroatoms. The lowest BCUT2D eigenvalue weighted by molar-refractivity contribution is -0.132. The molecule has 1 aliphatic carbocycles. The van der Waals surface area contributed by atoms with E-state index in [4.69, 9.17) is 5.73 Å². The third-order valence-corrected chi connectivity index (χ3v) is 4.22. The van der Waals surface area contributed by atoms with Crippen LogP contribution in [-0.4, -0.2) is 12.5 Å². The topological polar surface area (TPSA) is 55.1 Å². The van der Waals surface area contributed by atoms with Crippen molar-refractivity contribution in [2.45, 2.75) is 45.6 Å². The first-order chi connectivity index (χ1) is 9.16. The van der Waals surface area contributed by atoms with Crippen LogP contribution >= 0.6 is 0 Å². The molecule has 19 heavy (non-hydrogen) atoms. The van der Waals surface area contributed by atoms with Gasteiger partial charge in [0, 0.05) is 13.1 Å². The number of hydrogen-bond donors (Lipinski definition) is 2. The molecule has 0 aliphatic heterocycles. The zero-order chi connectivity index (χ0) is 13.7. The van der Waals surface area contributed by atoms with Crippen LogP contribution in [0.4, 0.5) is 0 Å². The predicted octanol–water partition coefficient (Wildman–Crippen LogP) is 2.52. The van der Waals surface area contributed by atoms with Gasteiger partial charge < -0.3 is 11.1 Å². The molecule has 1 fully saturated rings. The molecule has 0 heterocycles. The zero-order valence-corrected chi connectivity index (χ0v) is 11.7. The summed E-state index contributed by atoms with van der Waals surface area (Å²) in [5.41, 5.74) is 7.92. The number of carbonyl (C=O) groups excluding carboxylic acids is 1. The molecule has 3 N–H and O–H groups in total. The molecule has 1 amide bonds. The summed E-state index contributed by atoms with van der Waals surface area (Å²) >= 11 is 0. The number of aryl methyl sites for hydroxylation is 1. The van der Waals surface area contributed by atoms with E-state index in [0.717, 1.165) is 31.2 Å². The van der Waals surface area contributed by atoms with E-state index in [0.29, 0.717) is 13.1 Å². The van der Waals surface area contributed by atoms with Gasteiger partial charge in [0.1, 0.15) is 0 Å². The molecule has 104 valence electrons. The van der Waals surface area contributed by atoms with Crippen LogP contribution in [0, 0.1) is 12.3 Å². The highest BCUT2D eigenvalue weighted by Gasteiger charge is 2.37. The SMILES string of the molecule is Cc1cccc(CNC(=O)C2(CN)CCCCC2)c1. The van der Waals surface area contributed by atoms with Gasteiger partial charge in [-0.2, -0.15) is 0 Å². The third-order valence-electron chi connectivity index (χ3n) is 4.22. The van der Waals surface area contributed by atoms with Crippen molar-refractivity contribution in [3.8, 4) is 0 Å². The maximum Gasteiger partial charge on any atom is 0.227 e. The van der Waals surface area contributed by atoms with Crippen LogP contribution in [0.1, 0.15) is 43.2 Å². The molecule has 0 atom stereocenters. The molecule has 1 saturated carbocycles. The first kappa shape index (κ1) is 14.1. The van der Waals surface area contributed by atoms with E-state index in [1.54, 1.807) is 0 Å². The third kappa shape index (κ3) is 3.35. The number of rotatable bonds is 4. The van der Waals surface area contributed by atoms with Gasteiger partial charge in [0.15, 0.2) is 0 Å². The predicted molar refractivity (Wildman–Crippen MR) is 77.6 cm³/mol. The number of hydrogen-bond acceptors (Lipinski definition) is 2. The van der Waals surface area contributed by atoms with E-state index in [9.17, 15) is 4.79 Å². The molecule has 0 bridgehead atoms. The van der Waals surface area contributed by atoms with Crippen LogP contribution in [0.2, 0.25) is 0 Å². The van der Waals surface area contributed by atoms with Gasteiger partial charge in [0.2, 0.25) is 5.91 Å². The molecule has 1 aromatic rings. The summed E-state index contributed by atoms with van der Waals surface area (Å²) in [6.07, 6.45) is 5.34. The van der Waals surface area contributed by atoms with E-state index in [-0.39, 0.29) is 11.3 Å². The van der Waals surface area contributed by atoms with E-state index in [1.807, 2.05) is 12.1 Å². The Bertz CT molecular complexity index is 436. The van der Waals surface area contributed by atoms with Crippen molar-refractivity contribution in [2.75, 3.05) is 6.54 Å². The van der Waals surface area contributed by atoms with Crippen molar-refractivity contribution in [2.24, 2.45) is 11.1 Å². The summed E-state index contributed by atoms with van der Waals surface area (Å²) in [5, 5.41) is 3.07. The summed E-state index contributed by atoms with van der Waals surface area (Å²) in [4.78, 5) is 12.4. The minimum atomic E-state index is -0.317. The molecule has 0 saturated heterocycles. The maximum atomic E-state index is 12.4.